The van der Waals surface area contributed by atoms with E-state index >= 15 is 0 Å². The molecule has 1 aliphatic heterocycles. The van der Waals surface area contributed by atoms with E-state index in [1.807, 2.05) is 24.3 Å². The Labute approximate surface area is 270 Å². The molecule has 5 rings (SSSR count). The molecule has 8 nitrogen and oxygen atoms in total. The minimum absolute atomic E-state index is 0.122. The zero-order chi connectivity index (χ0) is 30.7. The number of thiazole rings is 1. The Morgan fingerprint density at radius 1 is 1.21 bits per heavy atom. The minimum Gasteiger partial charge on any atom is -0.493 e. The molecule has 0 aliphatic carbocycles. The topological polar surface area (TPSA) is 103 Å². The van der Waals surface area contributed by atoms with Gasteiger partial charge in [0.2, 0.25) is 0 Å². The first-order chi connectivity index (χ1) is 20.8. The summed E-state index contributed by atoms with van der Waals surface area (Å²) in [6, 6.07) is 19.4. The van der Waals surface area contributed by atoms with Gasteiger partial charge in [-0.1, -0.05) is 59.3 Å². The Balaban J connectivity index is 1.68. The highest BCUT2D eigenvalue weighted by Gasteiger charge is 2.34. The molecular formula is C32H25ClIN3O5S. The Kier molecular flexibility index (Phi) is 9.34. The maximum absolute atomic E-state index is 14.1. The van der Waals surface area contributed by atoms with Gasteiger partial charge in [0.25, 0.3) is 5.56 Å². The van der Waals surface area contributed by atoms with Crippen LogP contribution < -0.4 is 24.4 Å². The van der Waals surface area contributed by atoms with Gasteiger partial charge in [-0.05, 0) is 72.3 Å². The molecule has 0 radical (unpaired) electrons. The second-order valence-electron chi connectivity index (χ2n) is 9.41. The van der Waals surface area contributed by atoms with Gasteiger partial charge in [0, 0.05) is 19.7 Å². The van der Waals surface area contributed by atoms with Crippen molar-refractivity contribution < 1.29 is 19.0 Å². The SMILES string of the molecule is CCOC(=O)C1=C(C)N=c2s/c(=C\c3cc(I)cc(OC)c3OCc3ccccc3C#N)c(=O)n2[C@H]1c1ccccc1Cl. The number of allylic oxidation sites excluding steroid dienone is 1. The molecule has 2 heterocycles. The van der Waals surface area contributed by atoms with Gasteiger partial charge in [0.1, 0.15) is 12.6 Å². The first-order valence-electron chi connectivity index (χ1n) is 13.2. The van der Waals surface area contributed by atoms with Crippen LogP contribution in [0.3, 0.4) is 0 Å². The number of halogens is 2. The normalized spacial score (nSPS) is 14.5. The summed E-state index contributed by atoms with van der Waals surface area (Å²) < 4.78 is 20.0. The molecule has 43 heavy (non-hydrogen) atoms. The second kappa shape index (κ2) is 13.2. The third kappa shape index (κ3) is 6.11. The highest BCUT2D eigenvalue weighted by Crippen LogP contribution is 2.36. The molecule has 0 bridgehead atoms. The number of hydrogen-bond donors (Lipinski definition) is 0. The summed E-state index contributed by atoms with van der Waals surface area (Å²) in [5, 5.41) is 9.92. The van der Waals surface area contributed by atoms with E-state index in [9.17, 15) is 14.9 Å². The molecule has 0 saturated heterocycles. The number of fused-ring (bicyclic) bond motifs is 1. The lowest BCUT2D eigenvalue weighted by Crippen LogP contribution is -2.40. The van der Waals surface area contributed by atoms with Gasteiger partial charge in [-0.15, -0.1) is 0 Å². The molecule has 0 fully saturated rings. The Bertz CT molecular complexity index is 1990. The lowest BCUT2D eigenvalue weighted by Gasteiger charge is -2.25. The van der Waals surface area contributed by atoms with Gasteiger partial charge >= 0.3 is 5.97 Å². The van der Waals surface area contributed by atoms with E-state index in [-0.39, 0.29) is 24.3 Å². The molecule has 0 unspecified atom stereocenters. The number of rotatable bonds is 8. The van der Waals surface area contributed by atoms with Crippen molar-refractivity contribution in [1.29, 1.82) is 5.26 Å². The molecule has 218 valence electrons. The zero-order valence-corrected chi connectivity index (χ0v) is 27.1. The van der Waals surface area contributed by atoms with Crippen LogP contribution in [0, 0.1) is 14.9 Å². The number of esters is 1. The van der Waals surface area contributed by atoms with Crippen LogP contribution in [0.2, 0.25) is 5.02 Å². The van der Waals surface area contributed by atoms with Crippen molar-refractivity contribution in [2.45, 2.75) is 26.5 Å². The molecule has 3 aromatic carbocycles. The number of nitriles is 1. The van der Waals surface area contributed by atoms with E-state index in [4.69, 9.17) is 25.8 Å². The average molecular weight is 726 g/mol. The molecule has 0 saturated carbocycles. The van der Waals surface area contributed by atoms with Crippen LogP contribution in [0.25, 0.3) is 6.08 Å². The number of hydrogen-bond acceptors (Lipinski definition) is 8. The average Bonchev–Trinajstić information content (AvgIpc) is 3.30. The summed E-state index contributed by atoms with van der Waals surface area (Å²) in [5.41, 5.74) is 2.79. The minimum atomic E-state index is -0.824. The molecule has 11 heteroatoms. The molecule has 0 N–H and O–H groups in total. The molecule has 0 amide bonds. The van der Waals surface area contributed by atoms with Crippen LogP contribution in [0.15, 0.2) is 81.7 Å². The molecule has 1 atom stereocenters. The summed E-state index contributed by atoms with van der Waals surface area (Å²) in [6.45, 7) is 3.74. The van der Waals surface area contributed by atoms with E-state index in [2.05, 4.69) is 33.7 Å². The van der Waals surface area contributed by atoms with Crippen molar-refractivity contribution in [3.63, 3.8) is 0 Å². The number of aromatic nitrogens is 1. The molecule has 1 aromatic heterocycles. The zero-order valence-electron chi connectivity index (χ0n) is 23.4. The number of carbonyl (C=O) groups excluding carboxylic acids is 1. The van der Waals surface area contributed by atoms with Gasteiger partial charge < -0.3 is 14.2 Å². The number of benzene rings is 3. The van der Waals surface area contributed by atoms with Crippen molar-refractivity contribution in [1.82, 2.24) is 4.57 Å². The second-order valence-corrected chi connectivity index (χ2v) is 12.1. The van der Waals surface area contributed by atoms with Gasteiger partial charge in [-0.3, -0.25) is 9.36 Å². The van der Waals surface area contributed by atoms with Crippen molar-refractivity contribution in [2.75, 3.05) is 13.7 Å². The third-order valence-electron chi connectivity index (χ3n) is 6.78. The first-order valence-corrected chi connectivity index (χ1v) is 15.5. The summed E-state index contributed by atoms with van der Waals surface area (Å²) >= 11 is 9.98. The highest BCUT2D eigenvalue weighted by molar-refractivity contribution is 14.1. The predicted molar refractivity (Wildman–Crippen MR) is 173 cm³/mol. The molecule has 4 aromatic rings. The summed E-state index contributed by atoms with van der Waals surface area (Å²) in [7, 11) is 1.54. The Hall–Kier alpha value is -3.92. The van der Waals surface area contributed by atoms with Crippen molar-refractivity contribution >= 4 is 57.6 Å². The predicted octanol–water partition coefficient (Wildman–Crippen LogP) is 5.52. The number of nitrogens with zero attached hydrogens (tertiary/aromatic N) is 3. The van der Waals surface area contributed by atoms with Crippen molar-refractivity contribution in [2.24, 2.45) is 4.99 Å². The fourth-order valence-corrected chi connectivity index (χ4v) is 6.73. The fraction of sp³-hybridized carbons (Fsp3) is 0.188. The van der Waals surface area contributed by atoms with Crippen LogP contribution in [-0.2, 0) is 16.1 Å². The van der Waals surface area contributed by atoms with Crippen molar-refractivity contribution in [3.8, 4) is 17.6 Å². The number of ether oxygens (including phenoxy) is 3. The van der Waals surface area contributed by atoms with Gasteiger partial charge in [0.15, 0.2) is 16.3 Å². The van der Waals surface area contributed by atoms with Crippen molar-refractivity contribution in [3.05, 3.63) is 122 Å². The smallest absolute Gasteiger partial charge is 0.338 e. The summed E-state index contributed by atoms with van der Waals surface area (Å²) in [4.78, 5) is 32.3. The maximum atomic E-state index is 14.1. The monoisotopic (exact) mass is 725 g/mol. The van der Waals surface area contributed by atoms with E-state index < -0.39 is 12.0 Å². The Morgan fingerprint density at radius 3 is 2.67 bits per heavy atom. The molecule has 0 spiro atoms. The van der Waals surface area contributed by atoms with Crippen LogP contribution in [0.5, 0.6) is 11.5 Å². The van der Waals surface area contributed by atoms with Crippen LogP contribution in [-0.4, -0.2) is 24.3 Å². The lowest BCUT2D eigenvalue weighted by molar-refractivity contribution is -0.139. The van der Waals surface area contributed by atoms with E-state index in [0.29, 0.717) is 48.2 Å². The quantitative estimate of drug-likeness (QED) is 0.175. The van der Waals surface area contributed by atoms with Crippen LogP contribution >= 0.6 is 45.5 Å². The summed E-state index contributed by atoms with van der Waals surface area (Å²) in [6.07, 6.45) is 1.73. The largest absolute Gasteiger partial charge is 0.493 e. The maximum Gasteiger partial charge on any atom is 0.338 e. The van der Waals surface area contributed by atoms with E-state index in [1.54, 1.807) is 63.4 Å². The highest BCUT2D eigenvalue weighted by atomic mass is 127. The van der Waals surface area contributed by atoms with Crippen LogP contribution in [0.1, 0.15) is 42.1 Å². The van der Waals surface area contributed by atoms with Gasteiger partial charge in [-0.25, -0.2) is 9.79 Å². The third-order valence-corrected chi connectivity index (χ3v) is 8.73. The van der Waals surface area contributed by atoms with E-state index in [0.717, 1.165) is 9.13 Å². The lowest BCUT2D eigenvalue weighted by atomic mass is 9.96. The number of methoxy groups -OCH3 is 1. The van der Waals surface area contributed by atoms with E-state index in [1.165, 1.54) is 15.9 Å². The number of carbonyl (C=O) groups is 1. The Morgan fingerprint density at radius 2 is 1.95 bits per heavy atom. The van der Waals surface area contributed by atoms with Gasteiger partial charge in [-0.2, -0.15) is 5.26 Å². The molecule has 1 aliphatic rings. The van der Waals surface area contributed by atoms with Crippen LogP contribution in [0.4, 0.5) is 0 Å². The molecular weight excluding hydrogens is 701 g/mol. The standard InChI is InChI=1S/C32H25ClIN3O5S/c1-4-41-31(39)27-18(2)36-32-37(28(27)23-11-7-8-12-24(23)33)30(38)26(43-32)14-21-13-22(34)15-25(40-3)29(21)42-17-20-10-6-5-9-19(20)16-35/h5-15,28H,4,17H2,1-3H3/b26-14-/t28-/m0/s1. The van der Waals surface area contributed by atoms with Gasteiger partial charge in [0.05, 0.1) is 41.2 Å². The summed E-state index contributed by atoms with van der Waals surface area (Å²) in [5.74, 6) is 0.348. The first kappa shape index (κ1) is 30.5. The fourth-order valence-electron chi connectivity index (χ4n) is 4.83.